The van der Waals surface area contributed by atoms with Gasteiger partial charge in [0.15, 0.2) is 0 Å². The zero-order valence-electron chi connectivity index (χ0n) is 47.6. The Morgan fingerprint density at radius 1 is 0.358 bits per heavy atom. The van der Waals surface area contributed by atoms with Gasteiger partial charge in [-0.25, -0.2) is 0 Å². The van der Waals surface area contributed by atoms with E-state index in [1.165, 1.54) is 117 Å². The van der Waals surface area contributed by atoms with Gasteiger partial charge in [-0.2, -0.15) is 0 Å². The molecule has 3 nitrogen and oxygen atoms in total. The third kappa shape index (κ3) is 6.64. The summed E-state index contributed by atoms with van der Waals surface area (Å²) in [5.74, 6) is 0.374. The van der Waals surface area contributed by atoms with Crippen molar-refractivity contribution in [1.82, 2.24) is 0 Å². The van der Waals surface area contributed by atoms with E-state index in [1.54, 1.807) is 0 Å². The standard InChI is InChI=1S/C78H65N3/c1-75(2)64-31-19-15-27-54(64)56-38-35-50(42-66(56)75)79(48-23-11-9-12-24-48)53-41-63-62-47-69-61(58-40-37-52(44-68(58)77(69,5)6)81-71-33-21-17-29-59(71)60-30-18-22-34-72(60)81)46-70(62)78(7,8)74(63)73(45-53)80(49-25-13-10-14-26-49)51-36-39-57-55-28-16-20-32-65(55)76(3,4)67(57)43-51/h9-29,31-47,60H,30H2,1-8H3. The van der Waals surface area contributed by atoms with Gasteiger partial charge in [-0.1, -0.05) is 189 Å². The van der Waals surface area contributed by atoms with Gasteiger partial charge < -0.3 is 14.7 Å². The van der Waals surface area contributed by atoms with Gasteiger partial charge in [0.05, 0.1) is 5.69 Å². The molecule has 16 rings (SSSR count). The Bertz CT molecular complexity index is 4390. The number of fused-ring (bicyclic) bond motifs is 15. The van der Waals surface area contributed by atoms with Crippen LogP contribution in [0.1, 0.15) is 118 Å². The van der Waals surface area contributed by atoms with E-state index in [2.05, 4.69) is 301 Å². The summed E-state index contributed by atoms with van der Waals surface area (Å²) in [6.07, 6.45) is 7.92. The second kappa shape index (κ2) is 16.8. The van der Waals surface area contributed by atoms with Crippen LogP contribution < -0.4 is 14.7 Å². The lowest BCUT2D eigenvalue weighted by molar-refractivity contribution is 0.652. The van der Waals surface area contributed by atoms with E-state index in [9.17, 15) is 0 Å². The van der Waals surface area contributed by atoms with Crippen LogP contribution >= 0.6 is 0 Å². The highest BCUT2D eigenvalue weighted by molar-refractivity contribution is 5.99. The molecule has 1 unspecified atom stereocenters. The molecule has 0 amide bonds. The van der Waals surface area contributed by atoms with Gasteiger partial charge in [-0.05, 0) is 198 Å². The normalized spacial score (nSPS) is 17.6. The minimum absolute atomic E-state index is 0.168. The fourth-order valence-corrected chi connectivity index (χ4v) is 15.8. The van der Waals surface area contributed by atoms with Crippen molar-refractivity contribution >= 4 is 45.5 Å². The van der Waals surface area contributed by atoms with Crippen molar-refractivity contribution in [1.29, 1.82) is 0 Å². The fourth-order valence-electron chi connectivity index (χ4n) is 15.8. The molecular weight excluding hydrogens is 979 g/mol. The van der Waals surface area contributed by atoms with E-state index >= 15 is 0 Å². The van der Waals surface area contributed by atoms with E-state index in [-0.39, 0.29) is 16.2 Å². The van der Waals surface area contributed by atoms with Crippen molar-refractivity contribution in [3.63, 3.8) is 0 Å². The lowest BCUT2D eigenvalue weighted by Gasteiger charge is -2.35. The summed E-state index contributed by atoms with van der Waals surface area (Å²) in [6, 6.07) is 81.2. The first-order chi connectivity index (χ1) is 39.2. The van der Waals surface area contributed by atoms with E-state index in [1.807, 2.05) is 0 Å². The lowest BCUT2D eigenvalue weighted by Crippen LogP contribution is -2.22. The zero-order chi connectivity index (χ0) is 54.9. The van der Waals surface area contributed by atoms with Gasteiger partial charge in [-0.3, -0.25) is 0 Å². The third-order valence-electron chi connectivity index (χ3n) is 19.9. The number of benzene rings is 10. The van der Waals surface area contributed by atoms with Crippen molar-refractivity contribution in [2.75, 3.05) is 14.7 Å². The molecule has 6 aliphatic rings. The molecule has 0 radical (unpaired) electrons. The Balaban J connectivity index is 0.925. The molecule has 10 aromatic carbocycles. The highest BCUT2D eigenvalue weighted by Crippen LogP contribution is 2.62. The number of rotatable bonds is 7. The van der Waals surface area contributed by atoms with Gasteiger partial charge in [0, 0.05) is 73.1 Å². The molecule has 5 aliphatic carbocycles. The molecule has 3 heteroatoms. The van der Waals surface area contributed by atoms with Crippen LogP contribution in [0, 0.1) is 0 Å². The maximum atomic E-state index is 2.60. The van der Waals surface area contributed by atoms with Crippen molar-refractivity contribution in [2.24, 2.45) is 0 Å². The average Bonchev–Trinajstić information content (AvgIpc) is 4.39. The molecule has 1 atom stereocenters. The first kappa shape index (κ1) is 48.0. The van der Waals surface area contributed by atoms with Crippen molar-refractivity contribution in [3.05, 3.63) is 286 Å². The number of anilines is 8. The summed E-state index contributed by atoms with van der Waals surface area (Å²) in [4.78, 5) is 7.63. The molecule has 392 valence electrons. The maximum Gasteiger partial charge on any atom is 0.0529 e. The van der Waals surface area contributed by atoms with E-state index in [4.69, 9.17) is 0 Å². The Kier molecular flexibility index (Phi) is 9.97. The topological polar surface area (TPSA) is 9.72 Å². The van der Waals surface area contributed by atoms with Crippen LogP contribution in [0.4, 0.5) is 45.5 Å². The van der Waals surface area contributed by atoms with Crippen LogP contribution in [-0.2, 0) is 21.7 Å². The average molecular weight is 1040 g/mol. The van der Waals surface area contributed by atoms with E-state index in [0.717, 1.165) is 34.9 Å². The molecule has 0 spiro atoms. The highest BCUT2D eigenvalue weighted by Gasteiger charge is 2.46. The molecule has 0 N–H and O–H groups in total. The van der Waals surface area contributed by atoms with Crippen LogP contribution in [0.3, 0.4) is 0 Å². The molecule has 1 aliphatic heterocycles. The van der Waals surface area contributed by atoms with Gasteiger partial charge in [-0.15, -0.1) is 0 Å². The predicted octanol–water partition coefficient (Wildman–Crippen LogP) is 20.9. The molecule has 81 heavy (non-hydrogen) atoms. The summed E-state index contributed by atoms with van der Waals surface area (Å²) < 4.78 is 0. The molecule has 0 fully saturated rings. The minimum Gasteiger partial charge on any atom is -0.313 e. The second-order valence-electron chi connectivity index (χ2n) is 25.7. The Labute approximate surface area is 477 Å². The number of hydrogen-bond acceptors (Lipinski definition) is 3. The van der Waals surface area contributed by atoms with Crippen LogP contribution in [-0.4, -0.2) is 0 Å². The fraction of sp³-hybridized carbons (Fsp3) is 0.179. The second-order valence-corrected chi connectivity index (χ2v) is 25.7. The number of para-hydroxylation sites is 3. The molecule has 0 aromatic heterocycles. The zero-order valence-corrected chi connectivity index (χ0v) is 47.6. The van der Waals surface area contributed by atoms with Crippen LogP contribution in [0.5, 0.6) is 0 Å². The maximum absolute atomic E-state index is 2.60. The van der Waals surface area contributed by atoms with E-state index in [0.29, 0.717) is 5.92 Å². The first-order valence-corrected chi connectivity index (χ1v) is 29.2. The smallest absolute Gasteiger partial charge is 0.0529 e. The molecule has 0 saturated carbocycles. The minimum atomic E-state index is -0.393. The quantitative estimate of drug-likeness (QED) is 0.157. The SMILES string of the molecule is CC1(C)c2ccccc2-c2ccc(N(c3ccccc3)c3cc4c(c(N(c5ccccc5)c5ccc6c(c5)C(C)(C)c5ccccc5-6)c3)C(C)(C)c3cc5c(cc3-4)C(C)(C)c3cc(N4C6=CC=CCC6c6ccccc64)ccc3-5)cc21. The first-order valence-electron chi connectivity index (χ1n) is 29.2. The van der Waals surface area contributed by atoms with Gasteiger partial charge >= 0.3 is 0 Å². The van der Waals surface area contributed by atoms with Crippen LogP contribution in [0.25, 0.3) is 44.5 Å². The van der Waals surface area contributed by atoms with Crippen LogP contribution in [0.2, 0.25) is 0 Å². The molecular formula is C78H65N3. The summed E-state index contributed by atoms with van der Waals surface area (Å²) in [6.45, 7) is 19.4. The summed E-state index contributed by atoms with van der Waals surface area (Å²) in [5, 5.41) is 0. The van der Waals surface area contributed by atoms with Gasteiger partial charge in [0.1, 0.15) is 0 Å². The number of allylic oxidation sites excluding steroid dienone is 4. The molecule has 1 heterocycles. The Hall–Kier alpha value is -8.92. The molecule has 10 aromatic rings. The molecule has 0 saturated heterocycles. The summed E-state index contributed by atoms with van der Waals surface area (Å²) in [7, 11) is 0. The largest absolute Gasteiger partial charge is 0.313 e. The third-order valence-corrected chi connectivity index (χ3v) is 19.9. The monoisotopic (exact) mass is 1040 g/mol. The number of nitrogens with zero attached hydrogens (tertiary/aromatic N) is 3. The lowest BCUT2D eigenvalue weighted by atomic mass is 9.78. The summed E-state index contributed by atoms with van der Waals surface area (Å²) >= 11 is 0. The van der Waals surface area contributed by atoms with Gasteiger partial charge in [0.2, 0.25) is 0 Å². The van der Waals surface area contributed by atoms with Gasteiger partial charge in [0.25, 0.3) is 0 Å². The Morgan fingerprint density at radius 2 is 0.840 bits per heavy atom. The van der Waals surface area contributed by atoms with Crippen molar-refractivity contribution < 1.29 is 0 Å². The van der Waals surface area contributed by atoms with E-state index < -0.39 is 5.41 Å². The summed E-state index contributed by atoms with van der Waals surface area (Å²) in [5.41, 5.74) is 32.6. The predicted molar refractivity (Wildman–Crippen MR) is 339 cm³/mol. The molecule has 0 bridgehead atoms. The number of hydrogen-bond donors (Lipinski definition) is 0. The van der Waals surface area contributed by atoms with Crippen LogP contribution in [0.15, 0.2) is 236 Å². The van der Waals surface area contributed by atoms with Crippen molar-refractivity contribution in [3.8, 4) is 44.5 Å². The van der Waals surface area contributed by atoms with Crippen molar-refractivity contribution in [2.45, 2.75) is 89.4 Å². The Morgan fingerprint density at radius 3 is 1.49 bits per heavy atom. The highest BCUT2D eigenvalue weighted by atomic mass is 15.2.